The van der Waals surface area contributed by atoms with Gasteiger partial charge >= 0.3 is 0 Å². The first kappa shape index (κ1) is 21.5. The number of nitrogens with one attached hydrogen (secondary N) is 2. The van der Waals surface area contributed by atoms with E-state index in [-0.39, 0.29) is 23.9 Å². The topological polar surface area (TPSA) is 93.1 Å². The predicted octanol–water partition coefficient (Wildman–Crippen LogP) is 4.27. The van der Waals surface area contributed by atoms with Crippen LogP contribution in [-0.4, -0.2) is 21.4 Å². The fourth-order valence-corrected chi connectivity index (χ4v) is 4.47. The van der Waals surface area contributed by atoms with E-state index in [1.165, 1.54) is 22.2 Å². The molecule has 0 aliphatic rings. The molecule has 2 aromatic carbocycles. The summed E-state index contributed by atoms with van der Waals surface area (Å²) in [5.41, 5.74) is 3.49. The van der Waals surface area contributed by atoms with E-state index in [1.807, 2.05) is 56.3 Å². The quantitative estimate of drug-likeness (QED) is 0.479. The average molecular weight is 447 g/mol. The van der Waals surface area contributed by atoms with Crippen LogP contribution in [0.4, 0.5) is 11.4 Å². The molecule has 0 saturated carbocycles. The normalized spacial score (nSPS) is 10.8. The highest BCUT2D eigenvalue weighted by molar-refractivity contribution is 7.20. The second-order valence-corrected chi connectivity index (χ2v) is 8.55. The molecule has 0 aliphatic heterocycles. The first-order valence-electron chi connectivity index (χ1n) is 10.1. The summed E-state index contributed by atoms with van der Waals surface area (Å²) in [7, 11) is 0. The van der Waals surface area contributed by atoms with Crippen LogP contribution in [0.3, 0.4) is 0 Å². The average Bonchev–Trinajstić information content (AvgIpc) is 3.11. The van der Waals surface area contributed by atoms with Crippen LogP contribution in [0.1, 0.15) is 26.4 Å². The van der Waals surface area contributed by atoms with E-state index >= 15 is 0 Å². The van der Waals surface area contributed by atoms with Gasteiger partial charge in [-0.15, -0.1) is 11.3 Å². The van der Waals surface area contributed by atoms with Crippen LogP contribution in [0.2, 0.25) is 0 Å². The highest BCUT2D eigenvalue weighted by Crippen LogP contribution is 2.28. The van der Waals surface area contributed by atoms with Crippen molar-refractivity contribution < 1.29 is 9.59 Å². The summed E-state index contributed by atoms with van der Waals surface area (Å²) in [6.07, 6.45) is 1.35. The summed E-state index contributed by atoms with van der Waals surface area (Å²) in [4.78, 5) is 43.7. The Balaban J connectivity index is 1.60. The predicted molar refractivity (Wildman–Crippen MR) is 128 cm³/mol. The lowest BCUT2D eigenvalue weighted by Gasteiger charge is -2.09. The Morgan fingerprint density at radius 1 is 0.938 bits per heavy atom. The van der Waals surface area contributed by atoms with Crippen molar-refractivity contribution in [2.45, 2.75) is 27.3 Å². The summed E-state index contributed by atoms with van der Waals surface area (Å²) in [5, 5.41) is 6.07. The van der Waals surface area contributed by atoms with E-state index in [9.17, 15) is 14.4 Å². The highest BCUT2D eigenvalue weighted by Gasteiger charge is 2.20. The minimum absolute atomic E-state index is 0.171. The Hall–Kier alpha value is -3.78. The van der Waals surface area contributed by atoms with Gasteiger partial charge in [0.1, 0.15) is 11.4 Å². The Bertz CT molecular complexity index is 1400. The van der Waals surface area contributed by atoms with Crippen LogP contribution >= 0.6 is 11.3 Å². The van der Waals surface area contributed by atoms with Crippen molar-refractivity contribution in [1.82, 2.24) is 9.55 Å². The van der Waals surface area contributed by atoms with Crippen LogP contribution in [-0.2, 0) is 11.3 Å². The number of aryl methyl sites for hydroxylation is 3. The summed E-state index contributed by atoms with van der Waals surface area (Å²) in [6, 6.07) is 14.9. The monoisotopic (exact) mass is 446 g/mol. The number of fused-ring (bicyclic) bond motifs is 1. The molecule has 2 N–H and O–H groups in total. The standard InChI is InChI=1S/C24H22N4O3S/c1-14-8-4-6-10-17(14)26-19(29)12-28-13-25-23-20(24(28)31)16(3)21(32-23)22(30)27-18-11-7-5-9-15(18)2/h4-11,13H,12H2,1-3H3,(H,26,29)(H,27,30). The lowest BCUT2D eigenvalue weighted by molar-refractivity contribution is -0.116. The SMILES string of the molecule is Cc1ccccc1NC(=O)Cn1cnc2sc(C(=O)Nc3ccccc3C)c(C)c2c1=O. The maximum atomic E-state index is 13.1. The van der Waals surface area contributed by atoms with Crippen molar-refractivity contribution in [3.8, 4) is 0 Å². The largest absolute Gasteiger partial charge is 0.324 e. The van der Waals surface area contributed by atoms with Crippen LogP contribution in [0.15, 0.2) is 59.7 Å². The molecule has 0 unspecified atom stereocenters. The zero-order valence-corrected chi connectivity index (χ0v) is 18.7. The molecule has 0 bridgehead atoms. The Kier molecular flexibility index (Phi) is 5.87. The zero-order valence-electron chi connectivity index (χ0n) is 17.9. The lowest BCUT2D eigenvalue weighted by Crippen LogP contribution is -2.28. The third kappa shape index (κ3) is 4.17. The number of aromatic nitrogens is 2. The smallest absolute Gasteiger partial charge is 0.266 e. The first-order chi connectivity index (χ1) is 15.3. The number of carbonyl (C=O) groups excluding carboxylic acids is 2. The second-order valence-electron chi connectivity index (χ2n) is 7.55. The number of hydrogen-bond acceptors (Lipinski definition) is 5. The third-order valence-electron chi connectivity index (χ3n) is 5.25. The highest BCUT2D eigenvalue weighted by atomic mass is 32.1. The molecule has 4 rings (SSSR count). The number of anilines is 2. The van der Waals surface area contributed by atoms with Gasteiger partial charge in [0.25, 0.3) is 11.5 Å². The van der Waals surface area contributed by atoms with Crippen molar-refractivity contribution in [2.24, 2.45) is 0 Å². The number of hydrogen-bond donors (Lipinski definition) is 2. The molecular formula is C24H22N4O3S. The van der Waals surface area contributed by atoms with Gasteiger partial charge in [0.15, 0.2) is 0 Å². The van der Waals surface area contributed by atoms with E-state index in [0.29, 0.717) is 32.0 Å². The molecular weight excluding hydrogens is 424 g/mol. The minimum atomic E-state index is -0.348. The molecule has 2 aromatic heterocycles. The van der Waals surface area contributed by atoms with Crippen LogP contribution in [0.25, 0.3) is 10.2 Å². The zero-order chi connectivity index (χ0) is 22.8. The molecule has 2 heterocycles. The number of nitrogens with zero attached hydrogens (tertiary/aromatic N) is 2. The van der Waals surface area contributed by atoms with Gasteiger partial charge in [-0.05, 0) is 49.6 Å². The van der Waals surface area contributed by atoms with Crippen molar-refractivity contribution in [3.63, 3.8) is 0 Å². The Morgan fingerprint density at radius 3 is 2.16 bits per heavy atom. The molecule has 0 radical (unpaired) electrons. The number of para-hydroxylation sites is 2. The van der Waals surface area contributed by atoms with Gasteiger partial charge < -0.3 is 10.6 Å². The summed E-state index contributed by atoms with van der Waals surface area (Å²) in [6.45, 7) is 5.37. The van der Waals surface area contributed by atoms with Gasteiger partial charge in [0, 0.05) is 11.4 Å². The minimum Gasteiger partial charge on any atom is -0.324 e. The maximum Gasteiger partial charge on any atom is 0.266 e. The van der Waals surface area contributed by atoms with Crippen molar-refractivity contribution >= 4 is 44.7 Å². The van der Waals surface area contributed by atoms with Crippen LogP contribution in [0.5, 0.6) is 0 Å². The summed E-state index contributed by atoms with van der Waals surface area (Å²) in [5.74, 6) is -0.615. The van der Waals surface area contributed by atoms with Crippen LogP contribution < -0.4 is 16.2 Å². The van der Waals surface area contributed by atoms with Gasteiger partial charge in [0.05, 0.1) is 16.6 Å². The van der Waals surface area contributed by atoms with Crippen molar-refractivity contribution in [3.05, 3.63) is 86.8 Å². The van der Waals surface area contributed by atoms with Gasteiger partial charge in [-0.1, -0.05) is 36.4 Å². The van der Waals surface area contributed by atoms with E-state index in [2.05, 4.69) is 15.6 Å². The number of thiophene rings is 1. The fraction of sp³-hybridized carbons (Fsp3) is 0.167. The molecule has 8 heteroatoms. The third-order valence-corrected chi connectivity index (χ3v) is 6.45. The molecule has 4 aromatic rings. The van der Waals surface area contributed by atoms with E-state index in [4.69, 9.17) is 0 Å². The maximum absolute atomic E-state index is 13.1. The molecule has 0 fully saturated rings. The Labute approximate surface area is 188 Å². The lowest BCUT2D eigenvalue weighted by atomic mass is 10.2. The Morgan fingerprint density at radius 2 is 1.53 bits per heavy atom. The number of benzene rings is 2. The summed E-state index contributed by atoms with van der Waals surface area (Å²) < 4.78 is 1.26. The van der Waals surface area contributed by atoms with Gasteiger partial charge in [-0.3, -0.25) is 19.0 Å². The van der Waals surface area contributed by atoms with Gasteiger partial charge in [0.2, 0.25) is 5.91 Å². The fourth-order valence-electron chi connectivity index (χ4n) is 3.44. The number of rotatable bonds is 5. The first-order valence-corrected chi connectivity index (χ1v) is 10.9. The van der Waals surface area contributed by atoms with Crippen molar-refractivity contribution in [1.29, 1.82) is 0 Å². The van der Waals surface area contributed by atoms with Gasteiger partial charge in [-0.25, -0.2) is 4.98 Å². The molecule has 0 aliphatic carbocycles. The molecule has 0 atom stereocenters. The van der Waals surface area contributed by atoms with Crippen LogP contribution in [0, 0.1) is 20.8 Å². The number of amides is 2. The van der Waals surface area contributed by atoms with Gasteiger partial charge in [-0.2, -0.15) is 0 Å². The molecule has 0 spiro atoms. The molecule has 2 amide bonds. The molecule has 32 heavy (non-hydrogen) atoms. The van der Waals surface area contributed by atoms with E-state index in [0.717, 1.165) is 11.1 Å². The molecule has 0 saturated heterocycles. The second kappa shape index (κ2) is 8.76. The van der Waals surface area contributed by atoms with E-state index in [1.54, 1.807) is 13.0 Å². The summed E-state index contributed by atoms with van der Waals surface area (Å²) >= 11 is 1.17. The van der Waals surface area contributed by atoms with Crippen molar-refractivity contribution in [2.75, 3.05) is 10.6 Å². The van der Waals surface area contributed by atoms with E-state index < -0.39 is 0 Å². The number of carbonyl (C=O) groups is 2. The molecule has 162 valence electrons. The molecule has 7 nitrogen and oxygen atoms in total.